The normalized spacial score (nSPS) is 17.7. The molecule has 1 aliphatic rings. The van der Waals surface area contributed by atoms with Crippen molar-refractivity contribution in [2.75, 3.05) is 11.8 Å². The lowest BCUT2D eigenvalue weighted by molar-refractivity contribution is -0.137. The van der Waals surface area contributed by atoms with Gasteiger partial charge in [-0.3, -0.25) is 4.72 Å². The molecule has 3 aromatic rings. The third-order valence-electron chi connectivity index (χ3n) is 5.27. The molecule has 1 N–H and O–H groups in total. The molecule has 7 nitrogen and oxygen atoms in total. The van der Waals surface area contributed by atoms with Crippen molar-refractivity contribution in [1.82, 2.24) is 10.2 Å². The van der Waals surface area contributed by atoms with E-state index in [0.29, 0.717) is 23.3 Å². The molecule has 0 spiro atoms. The maximum absolute atomic E-state index is 13.2. The van der Waals surface area contributed by atoms with Crippen molar-refractivity contribution >= 4 is 26.5 Å². The summed E-state index contributed by atoms with van der Waals surface area (Å²) in [6.45, 7) is 3.67. The molecule has 1 unspecified atom stereocenters. The average molecular weight is 500 g/mol. The van der Waals surface area contributed by atoms with Crippen LogP contribution in [-0.4, -0.2) is 31.3 Å². The van der Waals surface area contributed by atoms with Gasteiger partial charge in [-0.1, -0.05) is 23.5 Å². The fourth-order valence-corrected chi connectivity index (χ4v) is 5.55. The van der Waals surface area contributed by atoms with Crippen LogP contribution in [0.4, 0.5) is 18.3 Å². The maximum atomic E-state index is 13.2. The van der Waals surface area contributed by atoms with E-state index < -0.39 is 27.4 Å². The highest BCUT2D eigenvalue weighted by molar-refractivity contribution is 7.93. The van der Waals surface area contributed by atoms with Crippen LogP contribution in [0.5, 0.6) is 11.5 Å². The SMILES string of the molecule is COc1cc(C(F)(F)F)ccc1C1CC(C)(C)Oc2cc(S(=O)(=O)Nc3nncs3)ccc21. The fraction of sp³-hybridized carbons (Fsp3) is 0.333. The van der Waals surface area contributed by atoms with E-state index in [1.165, 1.54) is 30.8 Å². The van der Waals surface area contributed by atoms with Crippen molar-refractivity contribution in [3.8, 4) is 11.5 Å². The highest BCUT2D eigenvalue weighted by atomic mass is 32.2. The predicted octanol–water partition coefficient (Wildman–Crippen LogP) is 5.06. The monoisotopic (exact) mass is 499 g/mol. The van der Waals surface area contributed by atoms with Gasteiger partial charge in [0.15, 0.2) is 0 Å². The molecular formula is C21H20F3N3O4S2. The first-order valence-corrected chi connectivity index (χ1v) is 12.1. The van der Waals surface area contributed by atoms with Crippen LogP contribution >= 0.6 is 11.3 Å². The first-order chi connectivity index (χ1) is 15.4. The van der Waals surface area contributed by atoms with Gasteiger partial charge < -0.3 is 9.47 Å². The Morgan fingerprint density at radius 3 is 2.55 bits per heavy atom. The number of hydrogen-bond acceptors (Lipinski definition) is 7. The molecule has 1 aromatic heterocycles. The van der Waals surface area contributed by atoms with Gasteiger partial charge in [0, 0.05) is 23.1 Å². The summed E-state index contributed by atoms with van der Waals surface area (Å²) in [7, 11) is -2.62. The summed E-state index contributed by atoms with van der Waals surface area (Å²) in [5.41, 5.74) is 1.10. The third kappa shape index (κ3) is 4.76. The summed E-state index contributed by atoms with van der Waals surface area (Å²) in [5.74, 6) is 0.0697. The lowest BCUT2D eigenvalue weighted by Gasteiger charge is -2.38. The zero-order valence-corrected chi connectivity index (χ0v) is 19.4. The van der Waals surface area contributed by atoms with E-state index in [2.05, 4.69) is 14.9 Å². The van der Waals surface area contributed by atoms with Crippen molar-refractivity contribution in [2.24, 2.45) is 0 Å². The number of hydrogen-bond donors (Lipinski definition) is 1. The number of alkyl halides is 3. The summed E-state index contributed by atoms with van der Waals surface area (Å²) in [6.07, 6.45) is -4.04. The standard InChI is InChI=1S/C21H20F3N3O4S2/c1-20(2)10-16(14-6-4-12(21(22,23)24)8-17(14)30-3)15-7-5-13(9-18(15)31-20)33(28,29)27-19-26-25-11-32-19/h4-9,11,16H,10H2,1-3H3,(H,26,27). The molecule has 0 saturated heterocycles. The van der Waals surface area contributed by atoms with Crippen molar-refractivity contribution in [1.29, 1.82) is 0 Å². The molecule has 1 aliphatic heterocycles. The van der Waals surface area contributed by atoms with Crippen molar-refractivity contribution < 1.29 is 31.1 Å². The topological polar surface area (TPSA) is 90.4 Å². The zero-order chi connectivity index (χ0) is 24.0. The molecule has 33 heavy (non-hydrogen) atoms. The first kappa shape index (κ1) is 23.3. The van der Waals surface area contributed by atoms with E-state index in [1.54, 1.807) is 6.07 Å². The number of rotatable bonds is 5. The molecule has 4 rings (SSSR count). The minimum atomic E-state index is -4.50. The van der Waals surface area contributed by atoms with Crippen molar-refractivity contribution in [3.63, 3.8) is 0 Å². The summed E-state index contributed by atoms with van der Waals surface area (Å²) in [5, 5.41) is 7.42. The Labute approximate surface area is 192 Å². The number of nitrogens with zero attached hydrogens (tertiary/aromatic N) is 2. The number of sulfonamides is 1. The minimum Gasteiger partial charge on any atom is -0.496 e. The van der Waals surface area contributed by atoms with Crippen molar-refractivity contribution in [3.05, 3.63) is 58.6 Å². The molecule has 0 aliphatic carbocycles. The van der Waals surface area contributed by atoms with Gasteiger partial charge in [-0.05, 0) is 38.5 Å². The molecule has 1 atom stereocenters. The summed E-state index contributed by atoms with van der Waals surface area (Å²) < 4.78 is 78.8. The van der Waals surface area contributed by atoms with Gasteiger partial charge in [-0.2, -0.15) is 13.2 Å². The Morgan fingerprint density at radius 1 is 1.18 bits per heavy atom. The van der Waals surface area contributed by atoms with E-state index >= 15 is 0 Å². The Kier molecular flexibility index (Phi) is 5.77. The lowest BCUT2D eigenvalue weighted by atomic mass is 9.79. The van der Waals surface area contributed by atoms with Gasteiger partial charge in [0.2, 0.25) is 5.13 Å². The number of nitrogens with one attached hydrogen (secondary N) is 1. The Balaban J connectivity index is 1.77. The van der Waals surface area contributed by atoms with Gasteiger partial charge in [0.25, 0.3) is 10.0 Å². The Bertz CT molecular complexity index is 1280. The molecule has 0 saturated carbocycles. The fourth-order valence-electron chi connectivity index (χ4n) is 3.84. The highest BCUT2D eigenvalue weighted by Crippen LogP contribution is 2.48. The van der Waals surface area contributed by atoms with Crippen LogP contribution in [0, 0.1) is 0 Å². The molecule has 0 fully saturated rings. The van der Waals surface area contributed by atoms with Crippen molar-refractivity contribution in [2.45, 2.75) is 42.9 Å². The van der Waals surface area contributed by atoms with Crippen LogP contribution in [0.25, 0.3) is 0 Å². The maximum Gasteiger partial charge on any atom is 0.416 e. The summed E-state index contributed by atoms with van der Waals surface area (Å²) in [4.78, 5) is -0.0349. The van der Waals surface area contributed by atoms with E-state index in [1.807, 2.05) is 13.8 Å². The van der Waals surface area contributed by atoms with Crippen LogP contribution in [0.15, 0.2) is 46.8 Å². The highest BCUT2D eigenvalue weighted by Gasteiger charge is 2.38. The van der Waals surface area contributed by atoms with E-state index in [-0.39, 0.29) is 21.7 Å². The minimum absolute atomic E-state index is 0.0349. The van der Waals surface area contributed by atoms with E-state index in [4.69, 9.17) is 9.47 Å². The number of halogens is 3. The number of aromatic nitrogens is 2. The average Bonchev–Trinajstić information content (AvgIpc) is 3.23. The zero-order valence-electron chi connectivity index (χ0n) is 17.8. The number of fused-ring (bicyclic) bond motifs is 1. The molecule has 2 aromatic carbocycles. The Morgan fingerprint density at radius 2 is 1.91 bits per heavy atom. The van der Waals surface area contributed by atoms with Gasteiger partial charge in [0.1, 0.15) is 22.6 Å². The first-order valence-electron chi connectivity index (χ1n) is 9.77. The molecule has 176 valence electrons. The quantitative estimate of drug-likeness (QED) is 0.528. The second-order valence-electron chi connectivity index (χ2n) is 8.12. The molecule has 0 radical (unpaired) electrons. The second kappa shape index (κ2) is 8.17. The number of anilines is 1. The molecule has 12 heteroatoms. The molecular weight excluding hydrogens is 479 g/mol. The molecule has 2 heterocycles. The van der Waals surface area contributed by atoms with Crippen LogP contribution in [0.2, 0.25) is 0 Å². The van der Waals surface area contributed by atoms with Gasteiger partial charge >= 0.3 is 6.18 Å². The van der Waals surface area contributed by atoms with Crippen LogP contribution in [0.3, 0.4) is 0 Å². The van der Waals surface area contributed by atoms with Crippen LogP contribution < -0.4 is 14.2 Å². The van der Waals surface area contributed by atoms with Gasteiger partial charge in [-0.25, -0.2) is 8.42 Å². The second-order valence-corrected chi connectivity index (χ2v) is 10.6. The molecule has 0 bridgehead atoms. The summed E-state index contributed by atoms with van der Waals surface area (Å²) in [6, 6.07) is 7.84. The summed E-state index contributed by atoms with van der Waals surface area (Å²) >= 11 is 1.04. The number of ether oxygens (including phenoxy) is 2. The van der Waals surface area contributed by atoms with Crippen LogP contribution in [0.1, 0.15) is 42.9 Å². The Hall–Kier alpha value is -2.86. The number of methoxy groups -OCH3 is 1. The van der Waals surface area contributed by atoms with Gasteiger partial charge in [-0.15, -0.1) is 10.2 Å². The largest absolute Gasteiger partial charge is 0.496 e. The van der Waals surface area contributed by atoms with Crippen LogP contribution in [-0.2, 0) is 16.2 Å². The number of benzene rings is 2. The molecule has 0 amide bonds. The lowest BCUT2D eigenvalue weighted by Crippen LogP contribution is -2.35. The predicted molar refractivity (Wildman–Crippen MR) is 116 cm³/mol. The smallest absolute Gasteiger partial charge is 0.416 e. The third-order valence-corrected chi connectivity index (χ3v) is 7.34. The van der Waals surface area contributed by atoms with E-state index in [9.17, 15) is 21.6 Å². The van der Waals surface area contributed by atoms with E-state index in [0.717, 1.165) is 23.5 Å². The van der Waals surface area contributed by atoms with Gasteiger partial charge in [0.05, 0.1) is 17.6 Å².